The lowest BCUT2D eigenvalue weighted by atomic mass is 9.97. The minimum Gasteiger partial charge on any atom is -0.366 e. The predicted molar refractivity (Wildman–Crippen MR) is 52.6 cm³/mol. The molecule has 0 aromatic carbocycles. The Morgan fingerprint density at radius 3 is 3.08 bits per heavy atom. The van der Waals surface area contributed by atoms with Gasteiger partial charge in [-0.15, -0.1) is 0 Å². The van der Waals surface area contributed by atoms with Crippen LogP contribution in [0.5, 0.6) is 0 Å². The van der Waals surface area contributed by atoms with Crippen LogP contribution in [0.3, 0.4) is 0 Å². The van der Waals surface area contributed by atoms with Crippen molar-refractivity contribution < 1.29 is 4.79 Å². The molecule has 13 heavy (non-hydrogen) atoms. The molecular formula is C11H13NO. The minimum absolute atomic E-state index is 0.353. The molecule has 1 atom stereocenters. The van der Waals surface area contributed by atoms with Gasteiger partial charge in [-0.1, -0.05) is 24.0 Å². The molecule has 2 nitrogen and oxygen atoms in total. The average Bonchev–Trinajstić information content (AvgIpc) is 2.14. The Labute approximate surface area is 78.5 Å². The van der Waals surface area contributed by atoms with E-state index < -0.39 is 5.91 Å². The van der Waals surface area contributed by atoms with Crippen LogP contribution in [0, 0.1) is 17.8 Å². The van der Waals surface area contributed by atoms with Crippen molar-refractivity contribution in [2.24, 2.45) is 11.7 Å². The molecule has 0 spiro atoms. The number of hydrogen-bond acceptors (Lipinski definition) is 1. The quantitative estimate of drug-likeness (QED) is 0.365. The molecule has 0 heterocycles. The van der Waals surface area contributed by atoms with Crippen molar-refractivity contribution in [3.05, 3.63) is 24.3 Å². The van der Waals surface area contributed by atoms with Crippen molar-refractivity contribution in [2.75, 3.05) is 0 Å². The first-order valence-corrected chi connectivity index (χ1v) is 4.43. The number of nitrogens with two attached hydrogens (primary N) is 1. The van der Waals surface area contributed by atoms with Gasteiger partial charge in [-0.25, -0.2) is 0 Å². The maximum atomic E-state index is 10.3. The van der Waals surface area contributed by atoms with Crippen molar-refractivity contribution >= 4 is 5.91 Å². The van der Waals surface area contributed by atoms with Crippen molar-refractivity contribution in [2.45, 2.75) is 19.3 Å². The molecule has 0 saturated heterocycles. The molecule has 1 amide bonds. The Balaban J connectivity index is 2.41. The zero-order valence-electron chi connectivity index (χ0n) is 7.49. The first kappa shape index (κ1) is 9.60. The Morgan fingerprint density at radius 2 is 2.46 bits per heavy atom. The Hall–Kier alpha value is -1.49. The fourth-order valence-electron chi connectivity index (χ4n) is 1.21. The smallest absolute Gasteiger partial charge is 0.242 e. The number of carbonyl (C=O) groups is 1. The second-order valence-electron chi connectivity index (χ2n) is 2.99. The number of allylic oxidation sites excluding steroid dienone is 3. The molecule has 1 aliphatic rings. The maximum absolute atomic E-state index is 10.3. The van der Waals surface area contributed by atoms with Crippen LogP contribution >= 0.6 is 0 Å². The van der Waals surface area contributed by atoms with E-state index in [0.717, 1.165) is 12.8 Å². The highest BCUT2D eigenvalue weighted by molar-refractivity contribution is 5.86. The molecule has 0 aromatic heterocycles. The summed E-state index contributed by atoms with van der Waals surface area (Å²) in [5.41, 5.74) is 4.90. The van der Waals surface area contributed by atoms with E-state index in [1.807, 2.05) is 0 Å². The van der Waals surface area contributed by atoms with E-state index in [4.69, 9.17) is 5.73 Å². The van der Waals surface area contributed by atoms with E-state index in [2.05, 4.69) is 24.0 Å². The van der Waals surface area contributed by atoms with Gasteiger partial charge in [0.25, 0.3) is 0 Å². The second-order valence-corrected chi connectivity index (χ2v) is 2.99. The van der Waals surface area contributed by atoms with Gasteiger partial charge in [-0.2, -0.15) is 0 Å². The molecule has 68 valence electrons. The largest absolute Gasteiger partial charge is 0.366 e. The summed E-state index contributed by atoms with van der Waals surface area (Å²) in [6.45, 7) is 0. The first-order valence-electron chi connectivity index (χ1n) is 4.43. The van der Waals surface area contributed by atoms with E-state index in [1.165, 1.54) is 18.6 Å². The summed E-state index contributed by atoms with van der Waals surface area (Å²) < 4.78 is 0. The van der Waals surface area contributed by atoms with Crippen LogP contribution < -0.4 is 5.73 Å². The molecule has 0 radical (unpaired) electrons. The van der Waals surface area contributed by atoms with Crippen molar-refractivity contribution in [1.82, 2.24) is 0 Å². The molecular weight excluding hydrogens is 162 g/mol. The van der Waals surface area contributed by atoms with Gasteiger partial charge in [0.1, 0.15) is 0 Å². The normalized spacial score (nSPS) is 21.1. The van der Waals surface area contributed by atoms with Gasteiger partial charge in [0.2, 0.25) is 5.91 Å². The van der Waals surface area contributed by atoms with Gasteiger partial charge in [-0.3, -0.25) is 4.79 Å². The van der Waals surface area contributed by atoms with Gasteiger partial charge in [0, 0.05) is 12.0 Å². The summed E-state index contributed by atoms with van der Waals surface area (Å²) in [6, 6.07) is 0. The monoisotopic (exact) mass is 175 g/mol. The van der Waals surface area contributed by atoms with E-state index in [1.54, 1.807) is 0 Å². The van der Waals surface area contributed by atoms with Crippen LogP contribution in [0.1, 0.15) is 19.3 Å². The topological polar surface area (TPSA) is 43.1 Å². The van der Waals surface area contributed by atoms with Gasteiger partial charge in [-0.05, 0) is 25.3 Å². The molecule has 2 N–H and O–H groups in total. The predicted octanol–water partition coefficient (Wildman–Crippen LogP) is 1.39. The standard InChI is InChI=1S/C11H13NO/c12-11(13)9-5-4-8-10-6-2-1-3-7-10/h2,5-6,9-10H,1,3,7H2,(H2,12,13). The van der Waals surface area contributed by atoms with Crippen molar-refractivity contribution in [3.8, 4) is 11.8 Å². The zero-order chi connectivity index (χ0) is 9.52. The Bertz CT molecular complexity index is 291. The number of amides is 1. The summed E-state index contributed by atoms with van der Waals surface area (Å²) in [5.74, 6) is 5.75. The summed E-state index contributed by atoms with van der Waals surface area (Å²) in [6.07, 6.45) is 10.5. The Kier molecular flexibility index (Phi) is 3.84. The molecule has 2 heteroatoms. The van der Waals surface area contributed by atoms with Gasteiger partial charge in [0.05, 0.1) is 0 Å². The van der Waals surface area contributed by atoms with E-state index >= 15 is 0 Å². The van der Waals surface area contributed by atoms with E-state index in [9.17, 15) is 4.79 Å². The summed E-state index contributed by atoms with van der Waals surface area (Å²) in [4.78, 5) is 10.3. The molecule has 1 unspecified atom stereocenters. The third-order valence-electron chi connectivity index (χ3n) is 1.85. The van der Waals surface area contributed by atoms with Gasteiger partial charge < -0.3 is 5.73 Å². The fourth-order valence-corrected chi connectivity index (χ4v) is 1.21. The molecule has 0 saturated carbocycles. The minimum atomic E-state index is -0.450. The zero-order valence-corrected chi connectivity index (χ0v) is 7.49. The highest BCUT2D eigenvalue weighted by Crippen LogP contribution is 2.15. The third-order valence-corrected chi connectivity index (χ3v) is 1.85. The molecule has 1 rings (SSSR count). The van der Waals surface area contributed by atoms with Crippen LogP contribution in [0.15, 0.2) is 24.3 Å². The van der Waals surface area contributed by atoms with Crippen LogP contribution in [-0.4, -0.2) is 5.91 Å². The Morgan fingerprint density at radius 1 is 1.62 bits per heavy atom. The lowest BCUT2D eigenvalue weighted by Crippen LogP contribution is -2.05. The highest BCUT2D eigenvalue weighted by Gasteiger charge is 2.02. The molecule has 0 fully saturated rings. The van der Waals surface area contributed by atoms with Crippen LogP contribution in [0.4, 0.5) is 0 Å². The first-order chi connectivity index (χ1) is 6.29. The summed E-state index contributed by atoms with van der Waals surface area (Å²) >= 11 is 0. The van der Waals surface area contributed by atoms with Crippen LogP contribution in [-0.2, 0) is 4.79 Å². The number of carbonyl (C=O) groups excluding carboxylic acids is 1. The second kappa shape index (κ2) is 5.21. The number of hydrogen-bond donors (Lipinski definition) is 1. The molecule has 0 bridgehead atoms. The lowest BCUT2D eigenvalue weighted by molar-refractivity contribution is -0.113. The third kappa shape index (κ3) is 4.17. The number of rotatable bonds is 1. The van der Waals surface area contributed by atoms with Crippen molar-refractivity contribution in [3.63, 3.8) is 0 Å². The molecule has 0 aliphatic heterocycles. The van der Waals surface area contributed by atoms with E-state index in [0.29, 0.717) is 5.92 Å². The molecule has 0 aromatic rings. The highest BCUT2D eigenvalue weighted by atomic mass is 16.1. The lowest BCUT2D eigenvalue weighted by Gasteiger charge is -2.08. The van der Waals surface area contributed by atoms with Crippen molar-refractivity contribution in [1.29, 1.82) is 0 Å². The molecule has 1 aliphatic carbocycles. The van der Waals surface area contributed by atoms with E-state index in [-0.39, 0.29) is 0 Å². The summed E-state index contributed by atoms with van der Waals surface area (Å²) in [7, 11) is 0. The van der Waals surface area contributed by atoms with Gasteiger partial charge >= 0.3 is 0 Å². The summed E-state index contributed by atoms with van der Waals surface area (Å²) in [5, 5.41) is 0. The average molecular weight is 175 g/mol. The SMILES string of the molecule is NC(=O)C=CC#CC1C=CCCC1. The van der Waals surface area contributed by atoms with Gasteiger partial charge in [0.15, 0.2) is 0 Å². The van der Waals surface area contributed by atoms with Crippen LogP contribution in [0.25, 0.3) is 0 Å². The fraction of sp³-hybridized carbons (Fsp3) is 0.364. The number of primary amides is 1. The van der Waals surface area contributed by atoms with Crippen LogP contribution in [0.2, 0.25) is 0 Å². The maximum Gasteiger partial charge on any atom is 0.242 e.